The van der Waals surface area contributed by atoms with Gasteiger partial charge in [0.2, 0.25) is 0 Å². The molecule has 3 heterocycles. The second-order valence-electron chi connectivity index (χ2n) is 6.30. The van der Waals surface area contributed by atoms with Crippen molar-refractivity contribution in [1.29, 1.82) is 0 Å². The van der Waals surface area contributed by atoms with E-state index in [0.717, 1.165) is 41.7 Å². The van der Waals surface area contributed by atoms with Crippen molar-refractivity contribution in [3.63, 3.8) is 0 Å². The highest BCUT2D eigenvalue weighted by atomic mass is 19.1. The third-order valence-corrected chi connectivity index (χ3v) is 4.88. The first-order valence-corrected chi connectivity index (χ1v) is 8.14. The van der Waals surface area contributed by atoms with Crippen molar-refractivity contribution in [3.05, 3.63) is 65.4 Å². The summed E-state index contributed by atoms with van der Waals surface area (Å²) in [5.74, 6) is -0.182. The normalized spacial score (nSPS) is 18.8. The second kappa shape index (κ2) is 5.78. The van der Waals surface area contributed by atoms with Crippen LogP contribution in [-0.2, 0) is 6.54 Å². The Hall–Kier alpha value is -2.20. The number of aryl methyl sites for hydroxylation is 1. The van der Waals surface area contributed by atoms with Gasteiger partial charge < -0.3 is 4.98 Å². The van der Waals surface area contributed by atoms with E-state index in [1.807, 2.05) is 18.3 Å². The van der Waals surface area contributed by atoms with Gasteiger partial charge in [-0.15, -0.1) is 0 Å². The lowest BCUT2D eigenvalue weighted by atomic mass is 10.1. The van der Waals surface area contributed by atoms with Crippen LogP contribution in [-0.4, -0.2) is 21.4 Å². The molecule has 1 fully saturated rings. The summed E-state index contributed by atoms with van der Waals surface area (Å²) < 4.78 is 13.5. The van der Waals surface area contributed by atoms with Crippen LogP contribution in [0.3, 0.4) is 0 Å². The van der Waals surface area contributed by atoms with Crippen molar-refractivity contribution in [2.24, 2.45) is 0 Å². The number of halogens is 1. The molecule has 1 saturated heterocycles. The molecular formula is C19H20FN3. The Bertz CT molecular complexity index is 825. The zero-order valence-corrected chi connectivity index (χ0v) is 13.2. The van der Waals surface area contributed by atoms with Crippen LogP contribution in [0.15, 0.2) is 42.6 Å². The van der Waals surface area contributed by atoms with Gasteiger partial charge in [0.25, 0.3) is 0 Å². The van der Waals surface area contributed by atoms with Gasteiger partial charge in [0, 0.05) is 29.3 Å². The molecule has 4 heteroatoms. The molecule has 1 atom stereocenters. The van der Waals surface area contributed by atoms with Crippen molar-refractivity contribution < 1.29 is 4.39 Å². The van der Waals surface area contributed by atoms with Crippen LogP contribution in [0, 0.1) is 12.7 Å². The molecule has 0 spiro atoms. The van der Waals surface area contributed by atoms with Gasteiger partial charge in [-0.25, -0.2) is 4.39 Å². The molecule has 1 aliphatic rings. The van der Waals surface area contributed by atoms with Crippen LogP contribution >= 0.6 is 0 Å². The lowest BCUT2D eigenvalue weighted by molar-refractivity contribution is 0.241. The molecule has 23 heavy (non-hydrogen) atoms. The van der Waals surface area contributed by atoms with E-state index in [-0.39, 0.29) is 5.82 Å². The highest BCUT2D eigenvalue weighted by Gasteiger charge is 2.27. The quantitative estimate of drug-likeness (QED) is 0.780. The van der Waals surface area contributed by atoms with Gasteiger partial charge in [0.15, 0.2) is 0 Å². The van der Waals surface area contributed by atoms with E-state index in [9.17, 15) is 4.39 Å². The standard InChI is InChI=1S/C19H20FN3/c1-13-15-11-14(20)7-8-16(15)22-18(13)12-23-10-4-6-19(23)17-5-2-3-9-21-17/h2-3,5,7-9,11,19,22H,4,6,10,12H2,1H3/t19-/m1/s1. The summed E-state index contributed by atoms with van der Waals surface area (Å²) in [6, 6.07) is 11.4. The van der Waals surface area contributed by atoms with Gasteiger partial charge in [-0.1, -0.05) is 6.07 Å². The molecule has 1 aromatic carbocycles. The first-order valence-electron chi connectivity index (χ1n) is 8.14. The fraction of sp³-hybridized carbons (Fsp3) is 0.316. The predicted molar refractivity (Wildman–Crippen MR) is 89.6 cm³/mol. The van der Waals surface area contributed by atoms with Crippen molar-refractivity contribution >= 4 is 10.9 Å². The van der Waals surface area contributed by atoms with Gasteiger partial charge in [0.1, 0.15) is 5.82 Å². The molecule has 1 N–H and O–H groups in total. The number of aromatic nitrogens is 2. The number of fused-ring (bicyclic) bond motifs is 1. The fourth-order valence-electron chi connectivity index (χ4n) is 3.64. The number of nitrogens with zero attached hydrogens (tertiary/aromatic N) is 2. The van der Waals surface area contributed by atoms with Gasteiger partial charge in [-0.3, -0.25) is 9.88 Å². The van der Waals surface area contributed by atoms with Gasteiger partial charge in [0.05, 0.1) is 11.7 Å². The molecule has 3 aromatic rings. The number of nitrogens with one attached hydrogen (secondary N) is 1. The molecule has 2 aromatic heterocycles. The van der Waals surface area contributed by atoms with Crippen LogP contribution in [0.2, 0.25) is 0 Å². The average Bonchev–Trinajstić information content (AvgIpc) is 3.15. The van der Waals surface area contributed by atoms with E-state index in [4.69, 9.17) is 0 Å². The summed E-state index contributed by atoms with van der Waals surface area (Å²) in [7, 11) is 0. The van der Waals surface area contributed by atoms with Crippen molar-refractivity contribution in [1.82, 2.24) is 14.9 Å². The van der Waals surface area contributed by atoms with Gasteiger partial charge in [-0.05, 0) is 62.2 Å². The minimum Gasteiger partial charge on any atom is -0.357 e. The minimum absolute atomic E-state index is 0.182. The Morgan fingerprint density at radius 1 is 1.30 bits per heavy atom. The number of hydrogen-bond acceptors (Lipinski definition) is 2. The van der Waals surface area contributed by atoms with Crippen LogP contribution < -0.4 is 0 Å². The number of H-pyrrole nitrogens is 1. The van der Waals surface area contributed by atoms with E-state index < -0.39 is 0 Å². The molecule has 0 saturated carbocycles. The SMILES string of the molecule is Cc1c(CN2CCC[C@@H]2c2ccccn2)[nH]c2ccc(F)cc12. The summed E-state index contributed by atoms with van der Waals surface area (Å²) in [5, 5.41) is 0.980. The van der Waals surface area contributed by atoms with E-state index >= 15 is 0 Å². The zero-order valence-electron chi connectivity index (χ0n) is 13.2. The third kappa shape index (κ3) is 2.63. The summed E-state index contributed by atoms with van der Waals surface area (Å²) in [5.41, 5.74) is 4.47. The molecule has 0 amide bonds. The van der Waals surface area contributed by atoms with Crippen LogP contribution in [0.25, 0.3) is 10.9 Å². The maximum Gasteiger partial charge on any atom is 0.123 e. The number of aromatic amines is 1. The molecule has 3 nitrogen and oxygen atoms in total. The average molecular weight is 309 g/mol. The number of benzene rings is 1. The largest absolute Gasteiger partial charge is 0.357 e. The van der Waals surface area contributed by atoms with Gasteiger partial charge in [-0.2, -0.15) is 0 Å². The van der Waals surface area contributed by atoms with E-state index in [2.05, 4.69) is 33.9 Å². The fourth-order valence-corrected chi connectivity index (χ4v) is 3.64. The Labute approximate surface area is 135 Å². The Kier molecular flexibility index (Phi) is 3.62. The number of pyridine rings is 1. The third-order valence-electron chi connectivity index (χ3n) is 4.88. The maximum atomic E-state index is 13.5. The molecule has 0 unspecified atom stereocenters. The maximum absolute atomic E-state index is 13.5. The van der Waals surface area contributed by atoms with Crippen LogP contribution in [0.5, 0.6) is 0 Å². The van der Waals surface area contributed by atoms with Crippen LogP contribution in [0.1, 0.15) is 35.8 Å². The highest BCUT2D eigenvalue weighted by Crippen LogP contribution is 2.33. The second-order valence-corrected chi connectivity index (χ2v) is 6.30. The molecule has 1 aliphatic heterocycles. The van der Waals surface area contributed by atoms with Crippen molar-refractivity contribution in [2.45, 2.75) is 32.4 Å². The number of rotatable bonds is 3. The Balaban J connectivity index is 1.63. The van der Waals surface area contributed by atoms with E-state index in [1.165, 1.54) is 18.2 Å². The van der Waals surface area contributed by atoms with Crippen LogP contribution in [0.4, 0.5) is 4.39 Å². The lowest BCUT2D eigenvalue weighted by Gasteiger charge is -2.23. The van der Waals surface area contributed by atoms with Crippen molar-refractivity contribution in [2.75, 3.05) is 6.54 Å². The molecule has 118 valence electrons. The highest BCUT2D eigenvalue weighted by molar-refractivity contribution is 5.84. The van der Waals surface area contributed by atoms with E-state index in [1.54, 1.807) is 6.07 Å². The molecule has 0 radical (unpaired) electrons. The lowest BCUT2D eigenvalue weighted by Crippen LogP contribution is -2.23. The number of hydrogen-bond donors (Lipinski definition) is 1. The minimum atomic E-state index is -0.182. The summed E-state index contributed by atoms with van der Waals surface area (Å²) in [6.07, 6.45) is 4.20. The summed E-state index contributed by atoms with van der Waals surface area (Å²) >= 11 is 0. The molecule has 4 rings (SSSR count). The Morgan fingerprint density at radius 2 is 2.22 bits per heavy atom. The summed E-state index contributed by atoms with van der Waals surface area (Å²) in [6.45, 7) is 3.99. The smallest absolute Gasteiger partial charge is 0.123 e. The molecule has 0 bridgehead atoms. The number of likely N-dealkylation sites (tertiary alicyclic amines) is 1. The molecular weight excluding hydrogens is 289 g/mol. The van der Waals surface area contributed by atoms with Gasteiger partial charge >= 0.3 is 0 Å². The van der Waals surface area contributed by atoms with Crippen molar-refractivity contribution in [3.8, 4) is 0 Å². The first-order chi connectivity index (χ1) is 11.2. The zero-order chi connectivity index (χ0) is 15.8. The predicted octanol–water partition coefficient (Wildman–Crippen LogP) is 4.35. The first kappa shape index (κ1) is 14.4. The topological polar surface area (TPSA) is 31.9 Å². The molecule has 0 aliphatic carbocycles. The monoisotopic (exact) mass is 309 g/mol. The van der Waals surface area contributed by atoms with E-state index in [0.29, 0.717) is 6.04 Å². The Morgan fingerprint density at radius 3 is 3.04 bits per heavy atom. The summed E-state index contributed by atoms with van der Waals surface area (Å²) in [4.78, 5) is 10.5.